The fraction of sp³-hybridized carbons (Fsp3) is 0.667. The van der Waals surface area contributed by atoms with E-state index in [0.717, 1.165) is 154 Å². The molecule has 0 rings (SSSR count). The highest BCUT2D eigenvalue weighted by molar-refractivity contribution is 7.47. The van der Waals surface area contributed by atoms with Crippen molar-refractivity contribution in [2.75, 3.05) is 39.6 Å². The highest BCUT2D eigenvalue weighted by atomic mass is 31.2. The molecule has 0 bridgehead atoms. The van der Waals surface area contributed by atoms with Gasteiger partial charge in [0.15, 0.2) is 6.10 Å². The lowest BCUT2D eigenvalue weighted by Crippen LogP contribution is -2.30. The number of hydrogen-bond donors (Lipinski definition) is 4. The summed E-state index contributed by atoms with van der Waals surface area (Å²) in [4.78, 5) is 58.4. The van der Waals surface area contributed by atoms with Crippen LogP contribution >= 0.6 is 15.6 Å². The van der Waals surface area contributed by atoms with E-state index in [1.807, 2.05) is 0 Å². The summed E-state index contributed by atoms with van der Waals surface area (Å²) < 4.78 is 60.9. The molecule has 0 aliphatic heterocycles. The number of carbonyl (C=O) groups excluding carboxylic acids is 3. The molecule has 0 aromatic carbocycles. The third-order valence-electron chi connectivity index (χ3n) is 14.3. The van der Waals surface area contributed by atoms with Gasteiger partial charge in [0, 0.05) is 19.3 Å². The highest BCUT2D eigenvalue weighted by Crippen LogP contribution is 2.45. The molecule has 0 radical (unpaired) electrons. The van der Waals surface area contributed by atoms with Gasteiger partial charge in [-0.2, -0.15) is 0 Å². The Hall–Kier alpha value is -4.31. The second kappa shape index (κ2) is 67.7. The molecule has 0 aromatic heterocycles. The summed E-state index contributed by atoms with van der Waals surface area (Å²) in [6, 6.07) is 0. The number of rotatable bonds is 66. The van der Waals surface area contributed by atoms with Crippen LogP contribution in [0.5, 0.6) is 0 Å². The predicted octanol–water partition coefficient (Wildman–Crippen LogP) is 20.0. The van der Waals surface area contributed by atoms with E-state index in [9.17, 15) is 43.5 Å². The van der Waals surface area contributed by atoms with Crippen LogP contribution < -0.4 is 0 Å². The Morgan fingerprint density at radius 3 is 0.957 bits per heavy atom. The minimum Gasteiger partial charge on any atom is -0.463 e. The number of aliphatic hydroxyl groups is 2. The monoisotopic (exact) mass is 1340 g/mol. The second-order valence-electron chi connectivity index (χ2n) is 23.3. The molecule has 18 heteroatoms. The quantitative estimate of drug-likeness (QED) is 0.0146. The zero-order valence-electron chi connectivity index (χ0n) is 57.6. The van der Waals surface area contributed by atoms with Crippen LogP contribution in [0.1, 0.15) is 265 Å². The Kier molecular flexibility index (Phi) is 64.5. The highest BCUT2D eigenvalue weighted by Gasteiger charge is 2.29. The van der Waals surface area contributed by atoms with Crippen LogP contribution in [0.25, 0.3) is 0 Å². The van der Waals surface area contributed by atoms with E-state index in [-0.39, 0.29) is 19.3 Å². The standard InChI is InChI=1S/C75H126O16P2/c1-4-7-10-13-16-19-22-25-27-29-31-33-34-36-38-39-41-44-46-49-52-55-58-61-73(78)85-64-70(76)65-87-92(81,82)88-66-71(77)67-89-93(83,84)90-69-72(91-75(80)63-60-57-54-51-48-43-24-21-18-15-12-9-6-3)68-86-74(79)62-59-56-53-50-47-45-42-40-37-35-32-30-28-26-23-20-17-14-11-8-5-2/h8,11,16-17,19-21,24-28,31-33,35-36,38,40,42,47,50,70-72,76-77H,4-7,9-10,12-15,18,22-23,29-30,34,37,39,41,43-46,48-49,51-69H2,1-3H3,(H,81,82)(H,83,84)/b11-8-,19-16-,20-17-,24-21-,27-25-,28-26-,33-31-,35-32-,38-36-,42-40-,50-47-. The molecule has 93 heavy (non-hydrogen) atoms. The SMILES string of the molecule is CC/C=C\C/C=C\C/C=C\C/C=C\C/C=C\C/C=C\CCCCC(=O)OCC(COP(=O)(O)OCC(O)COP(=O)(O)OCC(O)COC(=O)CCCCCCCCC/C=C\C/C=C\C/C=C\C/C=C\CCCCC)OC(=O)CCCCCCC/C=C\CCCCCC. The lowest BCUT2D eigenvalue weighted by atomic mass is 10.1. The summed E-state index contributed by atoms with van der Waals surface area (Å²) in [5.74, 6) is -1.65. The maximum Gasteiger partial charge on any atom is 0.472 e. The molecule has 0 spiro atoms. The van der Waals surface area contributed by atoms with Gasteiger partial charge in [0.25, 0.3) is 0 Å². The van der Waals surface area contributed by atoms with Crippen LogP contribution in [0, 0.1) is 0 Å². The van der Waals surface area contributed by atoms with E-state index in [2.05, 4.69) is 154 Å². The summed E-state index contributed by atoms with van der Waals surface area (Å²) in [7, 11) is -9.80. The number of aliphatic hydroxyl groups excluding tert-OH is 2. The Morgan fingerprint density at radius 1 is 0.312 bits per heavy atom. The van der Waals surface area contributed by atoms with Gasteiger partial charge in [0.1, 0.15) is 25.4 Å². The average Bonchev–Trinajstić information content (AvgIpc) is 3.52. The zero-order chi connectivity index (χ0) is 68.1. The van der Waals surface area contributed by atoms with Crippen LogP contribution in [0.3, 0.4) is 0 Å². The normalized spacial score (nSPS) is 15.0. The van der Waals surface area contributed by atoms with Crippen molar-refractivity contribution in [3.05, 3.63) is 134 Å². The van der Waals surface area contributed by atoms with E-state index in [0.29, 0.717) is 19.3 Å². The van der Waals surface area contributed by atoms with Crippen LogP contribution in [0.2, 0.25) is 0 Å². The Labute approximate surface area is 563 Å². The van der Waals surface area contributed by atoms with Crippen molar-refractivity contribution >= 4 is 33.6 Å². The lowest BCUT2D eigenvalue weighted by Gasteiger charge is -2.21. The molecule has 532 valence electrons. The van der Waals surface area contributed by atoms with Gasteiger partial charge in [-0.05, 0) is 141 Å². The molecule has 5 unspecified atom stereocenters. The van der Waals surface area contributed by atoms with E-state index in [1.54, 1.807) is 0 Å². The van der Waals surface area contributed by atoms with Crippen LogP contribution in [-0.2, 0) is 55.8 Å². The number of phosphoric acid groups is 2. The predicted molar refractivity (Wildman–Crippen MR) is 380 cm³/mol. The van der Waals surface area contributed by atoms with Crippen LogP contribution in [0.4, 0.5) is 0 Å². The summed E-state index contributed by atoms with van der Waals surface area (Å²) in [5, 5.41) is 20.6. The largest absolute Gasteiger partial charge is 0.472 e. The Bertz CT molecular complexity index is 2230. The van der Waals surface area contributed by atoms with Crippen molar-refractivity contribution < 1.29 is 75.8 Å². The van der Waals surface area contributed by atoms with Gasteiger partial charge in [-0.3, -0.25) is 32.5 Å². The number of unbranched alkanes of at least 4 members (excludes halogenated alkanes) is 21. The van der Waals surface area contributed by atoms with E-state index < -0.39 is 91.5 Å². The molecule has 0 aromatic rings. The minimum atomic E-state index is -4.94. The van der Waals surface area contributed by atoms with Crippen molar-refractivity contribution in [1.29, 1.82) is 0 Å². The van der Waals surface area contributed by atoms with Crippen molar-refractivity contribution in [2.24, 2.45) is 0 Å². The summed E-state index contributed by atoms with van der Waals surface area (Å²) >= 11 is 0. The number of phosphoric ester groups is 2. The Morgan fingerprint density at radius 2 is 0.570 bits per heavy atom. The van der Waals surface area contributed by atoms with Gasteiger partial charge >= 0.3 is 33.6 Å². The van der Waals surface area contributed by atoms with E-state index >= 15 is 0 Å². The van der Waals surface area contributed by atoms with Gasteiger partial charge in [0.05, 0.1) is 26.4 Å². The molecule has 5 atom stereocenters. The zero-order valence-corrected chi connectivity index (χ0v) is 59.4. The van der Waals surface area contributed by atoms with Gasteiger partial charge in [0.2, 0.25) is 0 Å². The third kappa shape index (κ3) is 68.9. The molecule has 0 saturated heterocycles. The summed E-state index contributed by atoms with van der Waals surface area (Å²) in [6.45, 7) is 2.42. The number of esters is 3. The topological polar surface area (TPSA) is 231 Å². The fourth-order valence-electron chi connectivity index (χ4n) is 8.90. The first-order valence-corrected chi connectivity index (χ1v) is 38.5. The first-order valence-electron chi connectivity index (χ1n) is 35.5. The molecule has 0 saturated carbocycles. The van der Waals surface area contributed by atoms with Crippen LogP contribution in [0.15, 0.2) is 134 Å². The number of carbonyl (C=O) groups is 3. The molecule has 0 fully saturated rings. The van der Waals surface area contributed by atoms with Gasteiger partial charge in [-0.15, -0.1) is 0 Å². The minimum absolute atomic E-state index is 0.0805. The first kappa shape index (κ1) is 88.7. The molecule has 4 N–H and O–H groups in total. The third-order valence-corrected chi connectivity index (χ3v) is 16.2. The Balaban J connectivity index is 4.67. The van der Waals surface area contributed by atoms with Crippen molar-refractivity contribution in [2.45, 2.75) is 283 Å². The summed E-state index contributed by atoms with van der Waals surface area (Å²) in [6.07, 6.45) is 79.3. The van der Waals surface area contributed by atoms with Crippen molar-refractivity contribution in [3.63, 3.8) is 0 Å². The molecule has 16 nitrogen and oxygen atoms in total. The molecule has 0 heterocycles. The number of allylic oxidation sites excluding steroid dienone is 22. The van der Waals surface area contributed by atoms with E-state index in [1.165, 1.54) is 51.4 Å². The second-order valence-corrected chi connectivity index (χ2v) is 26.2. The van der Waals surface area contributed by atoms with Gasteiger partial charge in [-0.25, -0.2) is 9.13 Å². The lowest BCUT2D eigenvalue weighted by molar-refractivity contribution is -0.161. The molecule has 0 aliphatic rings. The average molecular weight is 1350 g/mol. The van der Waals surface area contributed by atoms with Crippen molar-refractivity contribution in [1.82, 2.24) is 0 Å². The van der Waals surface area contributed by atoms with Gasteiger partial charge in [-0.1, -0.05) is 238 Å². The van der Waals surface area contributed by atoms with Crippen molar-refractivity contribution in [3.8, 4) is 0 Å². The van der Waals surface area contributed by atoms with E-state index in [4.69, 9.17) is 32.3 Å². The van der Waals surface area contributed by atoms with Crippen LogP contribution in [-0.4, -0.2) is 95.9 Å². The smallest absolute Gasteiger partial charge is 0.463 e. The fourth-order valence-corrected chi connectivity index (χ4v) is 10.5. The molecular weight excluding hydrogens is 1220 g/mol. The number of hydrogen-bond acceptors (Lipinski definition) is 14. The first-order chi connectivity index (χ1) is 45.2. The molecule has 0 aliphatic carbocycles. The summed E-state index contributed by atoms with van der Waals surface area (Å²) in [5.41, 5.74) is 0. The molecule has 0 amide bonds. The maximum absolute atomic E-state index is 12.9. The maximum atomic E-state index is 12.9. The number of ether oxygens (including phenoxy) is 3. The molecular formula is C75H126O16P2. The van der Waals surface area contributed by atoms with Gasteiger partial charge < -0.3 is 34.2 Å².